The van der Waals surface area contributed by atoms with Crippen LogP contribution in [0.4, 0.5) is 0 Å². The predicted octanol–water partition coefficient (Wildman–Crippen LogP) is -0.477. The van der Waals surface area contributed by atoms with E-state index < -0.39 is 5.97 Å². The first-order valence-corrected chi connectivity index (χ1v) is 3.20. The minimum atomic E-state index is -0.929. The van der Waals surface area contributed by atoms with Crippen molar-refractivity contribution in [3.05, 3.63) is 0 Å². The maximum Gasteiger partial charge on any atom is 0.317 e. The number of aliphatic carboxylic acids is 1. The number of nitrogens with zero attached hydrogens (tertiary/aromatic N) is 1. The molecule has 0 unspecified atom stereocenters. The van der Waals surface area contributed by atoms with E-state index in [1.807, 2.05) is 0 Å². The molecule has 0 atom stereocenters. The summed E-state index contributed by atoms with van der Waals surface area (Å²) in [7, 11) is 0. The predicted molar refractivity (Wildman–Crippen MR) is 36.9 cm³/mol. The Kier molecular flexibility index (Phi) is 5.10. The first kappa shape index (κ1) is 9.90. The number of hydrogen-bond acceptors (Lipinski definition) is 4. The number of rotatable bonds is 6. The summed E-state index contributed by atoms with van der Waals surface area (Å²) in [4.78, 5) is 21.3. The first-order chi connectivity index (χ1) is 5.20. The number of ether oxygens (including phenoxy) is 1. The molecule has 11 heavy (non-hydrogen) atoms. The van der Waals surface area contributed by atoms with Crippen molar-refractivity contribution in [2.24, 2.45) is 0 Å². The molecule has 0 aliphatic rings. The largest absolute Gasteiger partial charge is 0.480 e. The van der Waals surface area contributed by atoms with E-state index in [1.165, 1.54) is 4.90 Å². The van der Waals surface area contributed by atoms with Gasteiger partial charge in [-0.1, -0.05) is 6.92 Å². The van der Waals surface area contributed by atoms with E-state index in [1.54, 1.807) is 6.92 Å². The highest BCUT2D eigenvalue weighted by atomic mass is 16.5. The van der Waals surface area contributed by atoms with Gasteiger partial charge in [0.25, 0.3) is 6.47 Å². The standard InChI is InChI=1S/C6H11NO4/c1-2-7(3-6(9)10)4-11-5-8/h5H,2-4H2,1H3,(H,9,10). The summed E-state index contributed by atoms with van der Waals surface area (Å²) in [5.74, 6) is -0.929. The minimum absolute atomic E-state index is 0.0340. The SMILES string of the molecule is CCN(COC=O)CC(=O)O. The third-order valence-electron chi connectivity index (χ3n) is 1.13. The van der Waals surface area contributed by atoms with Crippen molar-refractivity contribution in [2.75, 3.05) is 19.8 Å². The Bertz CT molecular complexity index is 137. The van der Waals surface area contributed by atoms with E-state index in [4.69, 9.17) is 5.11 Å². The molecule has 0 bridgehead atoms. The van der Waals surface area contributed by atoms with Gasteiger partial charge >= 0.3 is 5.97 Å². The summed E-state index contributed by atoms with van der Waals surface area (Å²) in [6, 6.07) is 0. The van der Waals surface area contributed by atoms with E-state index >= 15 is 0 Å². The molecule has 0 aromatic carbocycles. The normalized spacial score (nSPS) is 9.64. The highest BCUT2D eigenvalue weighted by Crippen LogP contribution is 1.86. The number of carbonyl (C=O) groups excluding carboxylic acids is 1. The Morgan fingerprint density at radius 2 is 2.36 bits per heavy atom. The van der Waals surface area contributed by atoms with E-state index in [-0.39, 0.29) is 13.3 Å². The van der Waals surface area contributed by atoms with Gasteiger partial charge < -0.3 is 9.84 Å². The zero-order valence-corrected chi connectivity index (χ0v) is 6.32. The number of likely N-dealkylation sites (N-methyl/N-ethyl adjacent to an activating group) is 1. The molecule has 1 N–H and O–H groups in total. The Morgan fingerprint density at radius 3 is 2.73 bits per heavy atom. The maximum atomic E-state index is 10.1. The van der Waals surface area contributed by atoms with Crippen molar-refractivity contribution in [3.63, 3.8) is 0 Å². The fourth-order valence-corrected chi connectivity index (χ4v) is 0.576. The number of carboxylic acids is 1. The molecule has 0 rings (SSSR count). The second kappa shape index (κ2) is 5.67. The maximum absolute atomic E-state index is 10.1. The van der Waals surface area contributed by atoms with Crippen LogP contribution in [-0.4, -0.2) is 42.3 Å². The monoisotopic (exact) mass is 161 g/mol. The molecule has 0 heterocycles. The smallest absolute Gasteiger partial charge is 0.317 e. The molecule has 0 aliphatic heterocycles. The van der Waals surface area contributed by atoms with Gasteiger partial charge in [-0.2, -0.15) is 0 Å². The van der Waals surface area contributed by atoms with Crippen molar-refractivity contribution in [1.82, 2.24) is 4.90 Å². The lowest BCUT2D eigenvalue weighted by molar-refractivity contribution is -0.143. The van der Waals surface area contributed by atoms with E-state index in [2.05, 4.69) is 4.74 Å². The molecule has 0 aromatic rings. The summed E-state index contributed by atoms with van der Waals surface area (Å²) < 4.78 is 4.37. The molecule has 0 amide bonds. The Hall–Kier alpha value is -1.10. The lowest BCUT2D eigenvalue weighted by atomic mass is 10.5. The summed E-state index contributed by atoms with van der Waals surface area (Å²) in [5.41, 5.74) is 0. The van der Waals surface area contributed by atoms with Gasteiger partial charge in [-0.25, -0.2) is 0 Å². The van der Waals surface area contributed by atoms with Crippen LogP contribution in [0.2, 0.25) is 0 Å². The zero-order chi connectivity index (χ0) is 8.69. The highest BCUT2D eigenvalue weighted by Gasteiger charge is 2.06. The quantitative estimate of drug-likeness (QED) is 0.421. The van der Waals surface area contributed by atoms with Gasteiger partial charge in [0.05, 0.1) is 6.54 Å². The summed E-state index contributed by atoms with van der Waals surface area (Å²) >= 11 is 0. The minimum Gasteiger partial charge on any atom is -0.480 e. The second-order valence-electron chi connectivity index (χ2n) is 1.93. The summed E-state index contributed by atoms with van der Waals surface area (Å²) in [6.45, 7) is 2.55. The van der Waals surface area contributed by atoms with Crippen LogP contribution in [0.25, 0.3) is 0 Å². The first-order valence-electron chi connectivity index (χ1n) is 3.20. The molecular weight excluding hydrogens is 150 g/mol. The lowest BCUT2D eigenvalue weighted by Crippen LogP contribution is -2.31. The van der Waals surface area contributed by atoms with Gasteiger partial charge in [0.2, 0.25) is 0 Å². The van der Waals surface area contributed by atoms with Crippen LogP contribution < -0.4 is 0 Å². The molecule has 0 saturated heterocycles. The molecule has 5 heteroatoms. The van der Waals surface area contributed by atoms with Crippen molar-refractivity contribution in [3.8, 4) is 0 Å². The van der Waals surface area contributed by atoms with Crippen molar-refractivity contribution in [2.45, 2.75) is 6.92 Å². The van der Waals surface area contributed by atoms with Crippen molar-refractivity contribution < 1.29 is 19.4 Å². The van der Waals surface area contributed by atoms with E-state index in [0.29, 0.717) is 13.0 Å². The number of hydrogen-bond donors (Lipinski definition) is 1. The van der Waals surface area contributed by atoms with Crippen LogP contribution in [0, 0.1) is 0 Å². The topological polar surface area (TPSA) is 66.8 Å². The summed E-state index contributed by atoms with van der Waals surface area (Å²) in [6.07, 6.45) is 0. The average Bonchev–Trinajstić information content (AvgIpc) is 1.97. The van der Waals surface area contributed by atoms with Crippen LogP contribution in [-0.2, 0) is 14.3 Å². The van der Waals surface area contributed by atoms with Gasteiger partial charge in [0.1, 0.15) is 6.73 Å². The van der Waals surface area contributed by atoms with Gasteiger partial charge in [-0.05, 0) is 6.54 Å². The summed E-state index contributed by atoms with van der Waals surface area (Å²) in [5, 5.41) is 8.33. The fraction of sp³-hybridized carbons (Fsp3) is 0.667. The van der Waals surface area contributed by atoms with Crippen molar-refractivity contribution >= 4 is 12.4 Å². The fourth-order valence-electron chi connectivity index (χ4n) is 0.576. The number of carbonyl (C=O) groups is 2. The molecule has 0 aromatic heterocycles. The molecule has 64 valence electrons. The zero-order valence-electron chi connectivity index (χ0n) is 6.32. The Balaban J connectivity index is 3.57. The molecule has 0 fully saturated rings. The molecular formula is C6H11NO4. The van der Waals surface area contributed by atoms with Crippen LogP contribution in [0.15, 0.2) is 0 Å². The molecule has 0 aliphatic carbocycles. The van der Waals surface area contributed by atoms with E-state index in [9.17, 15) is 9.59 Å². The third kappa shape index (κ3) is 5.35. The van der Waals surface area contributed by atoms with E-state index in [0.717, 1.165) is 0 Å². The second-order valence-corrected chi connectivity index (χ2v) is 1.93. The van der Waals surface area contributed by atoms with Crippen LogP contribution in [0.3, 0.4) is 0 Å². The average molecular weight is 161 g/mol. The number of carboxylic acid groups (broad SMARTS) is 1. The van der Waals surface area contributed by atoms with Crippen molar-refractivity contribution in [1.29, 1.82) is 0 Å². The van der Waals surface area contributed by atoms with Gasteiger partial charge in [0, 0.05) is 0 Å². The highest BCUT2D eigenvalue weighted by molar-refractivity contribution is 5.69. The lowest BCUT2D eigenvalue weighted by Gasteiger charge is -2.15. The molecule has 0 spiro atoms. The molecule has 0 saturated carbocycles. The van der Waals surface area contributed by atoms with Gasteiger partial charge in [-0.15, -0.1) is 0 Å². The molecule has 5 nitrogen and oxygen atoms in total. The molecule has 0 radical (unpaired) electrons. The Morgan fingerprint density at radius 1 is 1.73 bits per heavy atom. The van der Waals surface area contributed by atoms with Crippen LogP contribution in [0.5, 0.6) is 0 Å². The van der Waals surface area contributed by atoms with Gasteiger partial charge in [-0.3, -0.25) is 14.5 Å². The van der Waals surface area contributed by atoms with Crippen LogP contribution in [0.1, 0.15) is 6.92 Å². The van der Waals surface area contributed by atoms with Crippen LogP contribution >= 0.6 is 0 Å². The Labute approximate surface area is 64.6 Å². The van der Waals surface area contributed by atoms with Gasteiger partial charge in [0.15, 0.2) is 0 Å². The third-order valence-corrected chi connectivity index (χ3v) is 1.13.